The minimum Gasteiger partial charge on any atom is -0.410 e. The largest absolute Gasteiger partial charge is 0.410 e. The van der Waals surface area contributed by atoms with E-state index in [0.29, 0.717) is 18.6 Å². The topological polar surface area (TPSA) is 31.0 Å². The molecule has 24 heavy (non-hydrogen) atoms. The lowest BCUT2D eigenvalue weighted by atomic mass is 9.83. The Bertz CT molecular complexity index is 532. The Labute approximate surface area is 148 Å². The van der Waals surface area contributed by atoms with Gasteiger partial charge in [-0.05, 0) is 48.4 Å². The SMILES string of the molecule is C[Si](C)OC(c1ccccc1COC(C1CC1)[C@H]1CO1)C(C)(C)C. The van der Waals surface area contributed by atoms with Gasteiger partial charge in [-0.1, -0.05) is 45.0 Å². The summed E-state index contributed by atoms with van der Waals surface area (Å²) < 4.78 is 18.2. The first-order valence-corrected chi connectivity index (χ1v) is 11.5. The monoisotopic (exact) mass is 347 g/mol. The Hall–Kier alpha value is -0.683. The second-order valence-electron chi connectivity index (χ2n) is 8.46. The number of hydrogen-bond donors (Lipinski definition) is 0. The fourth-order valence-electron chi connectivity index (χ4n) is 3.27. The smallest absolute Gasteiger partial charge is 0.205 e. The molecule has 1 heterocycles. The van der Waals surface area contributed by atoms with E-state index in [0.717, 1.165) is 6.61 Å². The summed E-state index contributed by atoms with van der Waals surface area (Å²) in [5.41, 5.74) is 2.60. The van der Waals surface area contributed by atoms with E-state index in [4.69, 9.17) is 13.9 Å². The molecule has 3 atom stereocenters. The standard InChI is InChI=1S/C20H31O3Si/c1-20(2,3)19(23-24(4)5)16-9-7-6-8-15(16)12-22-18(14-10-11-14)17-13-21-17/h6-9,14,17-19H,10-13H2,1-5H3/t17-,18?,19?/m1/s1. The Kier molecular flexibility index (Phi) is 5.50. The van der Waals surface area contributed by atoms with Crippen LogP contribution in [-0.4, -0.2) is 27.9 Å². The fourth-order valence-corrected chi connectivity index (χ4v) is 4.22. The first kappa shape index (κ1) is 18.1. The van der Waals surface area contributed by atoms with Crippen LogP contribution in [0.15, 0.2) is 24.3 Å². The number of benzene rings is 1. The van der Waals surface area contributed by atoms with Crippen LogP contribution in [-0.2, 0) is 20.5 Å². The maximum Gasteiger partial charge on any atom is 0.205 e. The normalized spacial score (nSPS) is 23.3. The van der Waals surface area contributed by atoms with Gasteiger partial charge < -0.3 is 13.9 Å². The van der Waals surface area contributed by atoms with Crippen molar-refractivity contribution in [3.63, 3.8) is 0 Å². The molecule has 2 fully saturated rings. The molecule has 4 heteroatoms. The molecule has 0 bridgehead atoms. The lowest BCUT2D eigenvalue weighted by molar-refractivity contribution is 0.00529. The molecule has 2 unspecified atom stereocenters. The summed E-state index contributed by atoms with van der Waals surface area (Å²) in [5, 5.41) is 0. The summed E-state index contributed by atoms with van der Waals surface area (Å²) in [6.45, 7) is 12.7. The van der Waals surface area contributed by atoms with Crippen LogP contribution < -0.4 is 0 Å². The molecule has 1 aromatic carbocycles. The Morgan fingerprint density at radius 1 is 1.21 bits per heavy atom. The predicted molar refractivity (Wildman–Crippen MR) is 98.2 cm³/mol. The molecule has 3 nitrogen and oxygen atoms in total. The third-order valence-electron chi connectivity index (χ3n) is 4.72. The van der Waals surface area contributed by atoms with Crippen LogP contribution in [0.3, 0.4) is 0 Å². The maximum absolute atomic E-state index is 6.39. The molecule has 1 aliphatic heterocycles. The molecule has 0 spiro atoms. The molecule has 1 saturated carbocycles. The zero-order valence-corrected chi connectivity index (χ0v) is 16.7. The second-order valence-corrected chi connectivity index (χ2v) is 10.5. The van der Waals surface area contributed by atoms with E-state index in [2.05, 4.69) is 58.1 Å². The number of epoxide rings is 1. The van der Waals surface area contributed by atoms with Crippen molar-refractivity contribution < 1.29 is 13.9 Å². The molecular formula is C20H31O3Si. The van der Waals surface area contributed by atoms with Crippen LogP contribution in [0.4, 0.5) is 0 Å². The van der Waals surface area contributed by atoms with Crippen molar-refractivity contribution in [1.82, 2.24) is 0 Å². The van der Waals surface area contributed by atoms with Crippen molar-refractivity contribution >= 4 is 9.04 Å². The van der Waals surface area contributed by atoms with Crippen LogP contribution in [0.1, 0.15) is 50.8 Å². The van der Waals surface area contributed by atoms with Crippen LogP contribution in [0.2, 0.25) is 13.1 Å². The van der Waals surface area contributed by atoms with Gasteiger partial charge in [0.15, 0.2) is 0 Å². The molecule has 1 aromatic rings. The van der Waals surface area contributed by atoms with Crippen LogP contribution in [0, 0.1) is 11.3 Å². The average molecular weight is 348 g/mol. The molecule has 1 aliphatic carbocycles. The highest BCUT2D eigenvalue weighted by Crippen LogP contribution is 2.41. The van der Waals surface area contributed by atoms with E-state index in [1.165, 1.54) is 24.0 Å². The third kappa shape index (κ3) is 4.69. The molecule has 1 radical (unpaired) electrons. The molecule has 3 rings (SSSR count). The van der Waals surface area contributed by atoms with Gasteiger partial charge in [0.25, 0.3) is 0 Å². The molecule has 0 aromatic heterocycles. The predicted octanol–water partition coefficient (Wildman–Crippen LogP) is 4.74. The quantitative estimate of drug-likeness (QED) is 0.503. The van der Waals surface area contributed by atoms with Crippen molar-refractivity contribution in [3.05, 3.63) is 35.4 Å². The van der Waals surface area contributed by atoms with E-state index in [-0.39, 0.29) is 17.6 Å². The summed E-state index contributed by atoms with van der Waals surface area (Å²) in [5.74, 6) is 0.709. The summed E-state index contributed by atoms with van der Waals surface area (Å²) in [6.07, 6.45) is 3.30. The minimum absolute atomic E-state index is 0.0630. The van der Waals surface area contributed by atoms with Crippen molar-refractivity contribution in [3.8, 4) is 0 Å². The molecule has 1 saturated heterocycles. The van der Waals surface area contributed by atoms with Gasteiger partial charge in [-0.2, -0.15) is 0 Å². The zero-order valence-electron chi connectivity index (χ0n) is 15.7. The van der Waals surface area contributed by atoms with Crippen LogP contribution in [0.25, 0.3) is 0 Å². The van der Waals surface area contributed by atoms with Gasteiger partial charge in [-0.3, -0.25) is 0 Å². The highest BCUT2D eigenvalue weighted by atomic mass is 28.3. The van der Waals surface area contributed by atoms with Gasteiger partial charge >= 0.3 is 0 Å². The Morgan fingerprint density at radius 2 is 1.88 bits per heavy atom. The molecular weight excluding hydrogens is 316 g/mol. The fraction of sp³-hybridized carbons (Fsp3) is 0.700. The Balaban J connectivity index is 1.75. The van der Waals surface area contributed by atoms with Crippen molar-refractivity contribution in [2.24, 2.45) is 11.3 Å². The second kappa shape index (κ2) is 7.28. The van der Waals surface area contributed by atoms with E-state index < -0.39 is 9.04 Å². The maximum atomic E-state index is 6.39. The lowest BCUT2D eigenvalue weighted by Crippen LogP contribution is -2.27. The minimum atomic E-state index is -0.777. The van der Waals surface area contributed by atoms with Gasteiger partial charge in [0.05, 0.1) is 25.4 Å². The van der Waals surface area contributed by atoms with Crippen molar-refractivity contribution in [1.29, 1.82) is 0 Å². The molecule has 133 valence electrons. The number of hydrogen-bond acceptors (Lipinski definition) is 3. The first-order chi connectivity index (χ1) is 11.4. The lowest BCUT2D eigenvalue weighted by Gasteiger charge is -2.34. The first-order valence-electron chi connectivity index (χ1n) is 9.14. The molecule has 0 N–H and O–H groups in total. The van der Waals surface area contributed by atoms with Crippen molar-refractivity contribution in [2.45, 2.75) is 71.6 Å². The summed E-state index contributed by atoms with van der Waals surface area (Å²) in [7, 11) is -0.777. The van der Waals surface area contributed by atoms with E-state index in [9.17, 15) is 0 Å². The van der Waals surface area contributed by atoms with Gasteiger partial charge in [0.1, 0.15) is 6.10 Å². The molecule has 0 amide bonds. The van der Waals surface area contributed by atoms with Crippen LogP contribution in [0.5, 0.6) is 0 Å². The summed E-state index contributed by atoms with van der Waals surface area (Å²) in [6, 6.07) is 8.61. The number of ether oxygens (including phenoxy) is 2. The molecule has 2 aliphatic rings. The van der Waals surface area contributed by atoms with E-state index in [1.54, 1.807) is 0 Å². The van der Waals surface area contributed by atoms with Crippen LogP contribution >= 0.6 is 0 Å². The average Bonchev–Trinajstić information content (AvgIpc) is 3.37. The van der Waals surface area contributed by atoms with Crippen molar-refractivity contribution in [2.75, 3.05) is 6.61 Å². The summed E-state index contributed by atoms with van der Waals surface area (Å²) in [4.78, 5) is 0. The third-order valence-corrected chi connectivity index (χ3v) is 5.43. The van der Waals surface area contributed by atoms with Gasteiger partial charge in [-0.25, -0.2) is 0 Å². The van der Waals surface area contributed by atoms with E-state index in [1.807, 2.05) is 0 Å². The Morgan fingerprint density at radius 3 is 2.42 bits per heavy atom. The van der Waals surface area contributed by atoms with Gasteiger partial charge in [-0.15, -0.1) is 0 Å². The highest BCUT2D eigenvalue weighted by Gasteiger charge is 2.43. The highest BCUT2D eigenvalue weighted by molar-refractivity contribution is 6.48. The summed E-state index contributed by atoms with van der Waals surface area (Å²) >= 11 is 0. The van der Waals surface area contributed by atoms with Gasteiger partial charge in [0, 0.05) is 0 Å². The number of rotatable bonds is 8. The zero-order chi connectivity index (χ0) is 17.3. The van der Waals surface area contributed by atoms with E-state index >= 15 is 0 Å². The van der Waals surface area contributed by atoms with Gasteiger partial charge in [0.2, 0.25) is 9.04 Å².